The quantitative estimate of drug-likeness (QED) is 0.771. The highest BCUT2D eigenvalue weighted by Gasteiger charge is 2.24. The largest absolute Gasteiger partial charge is 0.497 e. The molecule has 0 saturated carbocycles. The highest BCUT2D eigenvalue weighted by atomic mass is 19.1. The van der Waals surface area contributed by atoms with Crippen LogP contribution < -0.4 is 15.4 Å². The smallest absolute Gasteiger partial charge is 0.228 e. The van der Waals surface area contributed by atoms with E-state index < -0.39 is 11.6 Å². The van der Waals surface area contributed by atoms with Crippen LogP contribution in [0.2, 0.25) is 0 Å². The Morgan fingerprint density at radius 3 is 2.44 bits per heavy atom. The summed E-state index contributed by atoms with van der Waals surface area (Å²) in [4.78, 5) is 24.6. The van der Waals surface area contributed by atoms with Gasteiger partial charge in [0.2, 0.25) is 11.9 Å². The highest BCUT2D eigenvalue weighted by molar-refractivity contribution is 6.01. The molecular weight excluding hydrogens is 349 g/mol. The summed E-state index contributed by atoms with van der Waals surface area (Å²) in [5, 5.41) is 6.15. The molecule has 142 valence electrons. The lowest BCUT2D eigenvalue weighted by Crippen LogP contribution is -2.14. The van der Waals surface area contributed by atoms with Crippen molar-refractivity contribution in [3.8, 4) is 5.75 Å². The van der Waals surface area contributed by atoms with Gasteiger partial charge in [0.15, 0.2) is 17.4 Å². The predicted molar refractivity (Wildman–Crippen MR) is 101 cm³/mol. The Morgan fingerprint density at radius 1 is 1.07 bits per heavy atom. The molecule has 0 saturated heterocycles. The minimum Gasteiger partial charge on any atom is -0.497 e. The molecule has 1 heterocycles. The van der Waals surface area contributed by atoms with Gasteiger partial charge in [-0.2, -0.15) is 15.0 Å². The van der Waals surface area contributed by atoms with Crippen molar-refractivity contribution in [3.63, 3.8) is 0 Å². The second-order valence-electron chi connectivity index (χ2n) is 6.11. The number of allylic oxidation sites excluding steroid dienone is 2. The summed E-state index contributed by atoms with van der Waals surface area (Å²) in [6, 6.07) is 7.60. The fourth-order valence-electron chi connectivity index (χ4n) is 2.78. The molecule has 1 aliphatic carbocycles. The summed E-state index contributed by atoms with van der Waals surface area (Å²) in [7, 11) is 1.62. The Kier molecular flexibility index (Phi) is 5.95. The second-order valence-corrected chi connectivity index (χ2v) is 6.11. The van der Waals surface area contributed by atoms with E-state index in [-0.39, 0.29) is 17.8 Å². The van der Waals surface area contributed by atoms with Crippen LogP contribution in [0.15, 0.2) is 30.1 Å². The SMILES string of the molecule is CCNc1nc(NCc2ccc(OC)cc2)nc(C2=C(F)C(=O)CCC2)n1. The minimum absolute atomic E-state index is 0.198. The van der Waals surface area contributed by atoms with E-state index in [1.54, 1.807) is 7.11 Å². The van der Waals surface area contributed by atoms with Crippen LogP contribution in [-0.4, -0.2) is 34.4 Å². The normalized spacial score (nSPS) is 14.3. The van der Waals surface area contributed by atoms with Crippen LogP contribution in [0.1, 0.15) is 37.6 Å². The minimum atomic E-state index is -0.740. The van der Waals surface area contributed by atoms with Crippen molar-refractivity contribution in [2.75, 3.05) is 24.3 Å². The number of rotatable bonds is 7. The zero-order chi connectivity index (χ0) is 19.2. The topological polar surface area (TPSA) is 89.0 Å². The number of ether oxygens (including phenoxy) is 1. The Bertz CT molecular complexity index is 852. The number of hydrogen-bond acceptors (Lipinski definition) is 7. The highest BCUT2D eigenvalue weighted by Crippen LogP contribution is 2.30. The molecule has 3 rings (SSSR count). The molecule has 8 heteroatoms. The summed E-state index contributed by atoms with van der Waals surface area (Å²) in [5.41, 5.74) is 1.27. The van der Waals surface area contributed by atoms with E-state index in [0.29, 0.717) is 37.8 Å². The molecule has 0 radical (unpaired) electrons. The molecule has 0 spiro atoms. The standard InChI is InChI=1S/C19H22FN5O2/c1-3-21-18-23-17(14-5-4-6-15(26)16(14)20)24-19(25-18)22-11-12-7-9-13(27-2)10-8-12/h7-10H,3-6,11H2,1-2H3,(H2,21,22,23,24,25). The van der Waals surface area contributed by atoms with Gasteiger partial charge < -0.3 is 15.4 Å². The van der Waals surface area contributed by atoms with Crippen LogP contribution in [0, 0.1) is 0 Å². The van der Waals surface area contributed by atoms with Gasteiger partial charge >= 0.3 is 0 Å². The van der Waals surface area contributed by atoms with E-state index in [0.717, 1.165) is 11.3 Å². The molecule has 0 unspecified atom stereocenters. The van der Waals surface area contributed by atoms with E-state index in [4.69, 9.17) is 4.74 Å². The van der Waals surface area contributed by atoms with Gasteiger partial charge in [0.1, 0.15) is 5.75 Å². The maximum atomic E-state index is 14.3. The van der Waals surface area contributed by atoms with E-state index >= 15 is 0 Å². The summed E-state index contributed by atoms with van der Waals surface area (Å²) in [6.45, 7) is 3.01. The first-order valence-corrected chi connectivity index (χ1v) is 8.89. The molecule has 0 atom stereocenters. The van der Waals surface area contributed by atoms with Crippen molar-refractivity contribution in [2.45, 2.75) is 32.7 Å². The van der Waals surface area contributed by atoms with Crippen molar-refractivity contribution in [1.29, 1.82) is 0 Å². The van der Waals surface area contributed by atoms with Gasteiger partial charge in [-0.25, -0.2) is 4.39 Å². The fraction of sp³-hybridized carbons (Fsp3) is 0.368. The zero-order valence-corrected chi connectivity index (χ0v) is 15.4. The molecular formula is C19H22FN5O2. The van der Waals surface area contributed by atoms with Crippen LogP contribution in [0.3, 0.4) is 0 Å². The number of anilines is 2. The fourth-order valence-corrected chi connectivity index (χ4v) is 2.78. The Morgan fingerprint density at radius 2 is 1.78 bits per heavy atom. The summed E-state index contributed by atoms with van der Waals surface area (Å²) < 4.78 is 19.4. The van der Waals surface area contributed by atoms with Crippen LogP contribution >= 0.6 is 0 Å². The Hall–Kier alpha value is -3.03. The monoisotopic (exact) mass is 371 g/mol. The molecule has 7 nitrogen and oxygen atoms in total. The number of carbonyl (C=O) groups excluding carboxylic acids is 1. The van der Waals surface area contributed by atoms with E-state index in [1.165, 1.54) is 0 Å². The van der Waals surface area contributed by atoms with Gasteiger partial charge in [-0.15, -0.1) is 0 Å². The van der Waals surface area contributed by atoms with Gasteiger partial charge in [-0.3, -0.25) is 4.79 Å². The summed E-state index contributed by atoms with van der Waals surface area (Å²) in [6.07, 6.45) is 1.26. The van der Waals surface area contributed by atoms with E-state index in [9.17, 15) is 9.18 Å². The molecule has 1 aromatic carbocycles. The van der Waals surface area contributed by atoms with Crippen LogP contribution in [-0.2, 0) is 11.3 Å². The number of nitrogens with one attached hydrogen (secondary N) is 2. The van der Waals surface area contributed by atoms with Crippen molar-refractivity contribution in [2.24, 2.45) is 0 Å². The molecule has 0 amide bonds. The number of carbonyl (C=O) groups is 1. The molecule has 0 fully saturated rings. The van der Waals surface area contributed by atoms with Crippen LogP contribution in [0.4, 0.5) is 16.3 Å². The van der Waals surface area contributed by atoms with Gasteiger partial charge in [0.05, 0.1) is 7.11 Å². The molecule has 1 aromatic heterocycles. The summed E-state index contributed by atoms with van der Waals surface area (Å²) in [5.74, 6) is 0.414. The lowest BCUT2D eigenvalue weighted by Gasteiger charge is -2.15. The Labute approximate surface area is 157 Å². The maximum absolute atomic E-state index is 14.3. The number of methoxy groups -OCH3 is 1. The number of ketones is 1. The number of aromatic nitrogens is 3. The Balaban J connectivity index is 1.84. The second kappa shape index (κ2) is 8.57. The van der Waals surface area contributed by atoms with E-state index in [1.807, 2.05) is 31.2 Å². The average molecular weight is 371 g/mol. The van der Waals surface area contributed by atoms with Gasteiger partial charge in [-0.05, 0) is 37.5 Å². The van der Waals surface area contributed by atoms with Crippen molar-refractivity contribution < 1.29 is 13.9 Å². The predicted octanol–water partition coefficient (Wildman–Crippen LogP) is 3.36. The van der Waals surface area contributed by atoms with Gasteiger partial charge in [-0.1, -0.05) is 12.1 Å². The molecule has 2 aromatic rings. The number of hydrogen-bond donors (Lipinski definition) is 2. The molecule has 2 N–H and O–H groups in total. The van der Waals surface area contributed by atoms with Crippen molar-refractivity contribution >= 4 is 23.3 Å². The van der Waals surface area contributed by atoms with Crippen molar-refractivity contribution in [1.82, 2.24) is 15.0 Å². The van der Waals surface area contributed by atoms with Crippen molar-refractivity contribution in [3.05, 3.63) is 41.5 Å². The molecule has 27 heavy (non-hydrogen) atoms. The molecule has 0 aliphatic heterocycles. The number of Topliss-reactive ketones (excluding diaryl/α,β-unsaturated/α-hetero) is 1. The number of nitrogens with zero attached hydrogens (tertiary/aromatic N) is 3. The summed E-state index contributed by atoms with van der Waals surface area (Å²) >= 11 is 0. The third-order valence-electron chi connectivity index (χ3n) is 4.19. The van der Waals surface area contributed by atoms with Gasteiger partial charge in [0.25, 0.3) is 0 Å². The maximum Gasteiger partial charge on any atom is 0.228 e. The zero-order valence-electron chi connectivity index (χ0n) is 15.4. The average Bonchev–Trinajstić information content (AvgIpc) is 2.69. The van der Waals surface area contributed by atoms with Gasteiger partial charge in [0, 0.05) is 25.1 Å². The lowest BCUT2D eigenvalue weighted by atomic mass is 9.97. The number of benzene rings is 1. The first-order chi connectivity index (χ1) is 13.1. The molecule has 0 bridgehead atoms. The van der Waals surface area contributed by atoms with E-state index in [2.05, 4.69) is 25.6 Å². The van der Waals surface area contributed by atoms with Crippen LogP contribution in [0.25, 0.3) is 5.57 Å². The third-order valence-corrected chi connectivity index (χ3v) is 4.19. The third kappa shape index (κ3) is 4.58. The van der Waals surface area contributed by atoms with Crippen LogP contribution in [0.5, 0.6) is 5.75 Å². The first kappa shape index (κ1) is 18.8. The molecule has 1 aliphatic rings. The first-order valence-electron chi connectivity index (χ1n) is 8.89. The lowest BCUT2D eigenvalue weighted by molar-refractivity contribution is -0.117. The number of halogens is 1.